The standard InChI is InChI=1S/C31H33NO6/c1-5-14-38-24-9-7-8-22(16-24)29(34)27-28(21-12-13-25(33)26(17-21)37-6-2)32(31(36)30(27)35)18-23-15-19(3)10-11-20(23)4/h7-13,15-17,28,33-34H,5-6,14,18H2,1-4H3/b29-27-. The SMILES string of the molecule is CCCOc1cccc(/C(O)=C2/C(=O)C(=O)N(Cc3cc(C)ccc3C)C2c2ccc(O)c(OCC)c2)c1. The number of phenolic OH excluding ortho intramolecular Hbond substituents is 1. The molecule has 1 aliphatic rings. The zero-order valence-electron chi connectivity index (χ0n) is 22.2. The van der Waals surface area contributed by atoms with Crippen LogP contribution in [0.4, 0.5) is 0 Å². The first kappa shape index (κ1) is 26.8. The van der Waals surface area contributed by atoms with Crippen molar-refractivity contribution in [2.45, 2.75) is 46.7 Å². The molecule has 1 saturated heterocycles. The first-order valence-electron chi connectivity index (χ1n) is 12.8. The van der Waals surface area contributed by atoms with Crippen molar-refractivity contribution >= 4 is 17.4 Å². The summed E-state index contributed by atoms with van der Waals surface area (Å²) < 4.78 is 11.3. The summed E-state index contributed by atoms with van der Waals surface area (Å²) in [6.45, 7) is 8.72. The number of ether oxygens (including phenoxy) is 2. The Kier molecular flexibility index (Phi) is 8.05. The number of likely N-dealkylation sites (tertiary alicyclic amines) is 1. The van der Waals surface area contributed by atoms with Crippen molar-refractivity contribution in [3.05, 3.63) is 94.1 Å². The molecule has 38 heavy (non-hydrogen) atoms. The molecule has 1 fully saturated rings. The average Bonchev–Trinajstić information content (AvgIpc) is 3.15. The third-order valence-corrected chi connectivity index (χ3v) is 6.57. The van der Waals surface area contributed by atoms with Crippen LogP contribution in [-0.4, -0.2) is 40.0 Å². The van der Waals surface area contributed by atoms with Crippen LogP contribution in [0.1, 0.15) is 54.1 Å². The highest BCUT2D eigenvalue weighted by atomic mass is 16.5. The van der Waals surface area contributed by atoms with E-state index in [4.69, 9.17) is 9.47 Å². The molecule has 0 bridgehead atoms. The van der Waals surface area contributed by atoms with Gasteiger partial charge in [-0.1, -0.05) is 48.9 Å². The number of aliphatic hydroxyl groups is 1. The molecule has 0 aliphatic carbocycles. The Balaban J connectivity index is 1.88. The molecule has 0 aromatic heterocycles. The summed E-state index contributed by atoms with van der Waals surface area (Å²) in [7, 11) is 0. The Morgan fingerprint density at radius 2 is 1.76 bits per heavy atom. The second kappa shape index (κ2) is 11.4. The predicted molar refractivity (Wildman–Crippen MR) is 145 cm³/mol. The summed E-state index contributed by atoms with van der Waals surface area (Å²) in [5.41, 5.74) is 3.80. The fourth-order valence-electron chi connectivity index (χ4n) is 4.62. The molecule has 1 heterocycles. The smallest absolute Gasteiger partial charge is 0.295 e. The number of nitrogens with zero attached hydrogens (tertiary/aromatic N) is 1. The number of aryl methyl sites for hydroxylation is 2. The number of aromatic hydroxyl groups is 1. The van der Waals surface area contributed by atoms with E-state index < -0.39 is 17.7 Å². The molecule has 1 atom stereocenters. The fourth-order valence-corrected chi connectivity index (χ4v) is 4.62. The summed E-state index contributed by atoms with van der Waals surface area (Å²) >= 11 is 0. The van der Waals surface area contributed by atoms with E-state index in [1.165, 1.54) is 11.0 Å². The van der Waals surface area contributed by atoms with Crippen LogP contribution in [0.25, 0.3) is 5.76 Å². The van der Waals surface area contributed by atoms with Gasteiger partial charge in [0.2, 0.25) is 0 Å². The van der Waals surface area contributed by atoms with Gasteiger partial charge in [0.15, 0.2) is 11.5 Å². The van der Waals surface area contributed by atoms with Crippen molar-refractivity contribution in [1.82, 2.24) is 4.90 Å². The molecule has 2 N–H and O–H groups in total. The molecule has 0 saturated carbocycles. The third kappa shape index (κ3) is 5.37. The van der Waals surface area contributed by atoms with Gasteiger partial charge in [-0.2, -0.15) is 0 Å². The highest BCUT2D eigenvalue weighted by molar-refractivity contribution is 6.46. The number of rotatable bonds is 9. The van der Waals surface area contributed by atoms with E-state index in [2.05, 4.69) is 0 Å². The Hall–Kier alpha value is -4.26. The number of carbonyl (C=O) groups is 2. The summed E-state index contributed by atoms with van der Waals surface area (Å²) in [4.78, 5) is 28.4. The zero-order valence-corrected chi connectivity index (χ0v) is 22.2. The van der Waals surface area contributed by atoms with E-state index in [9.17, 15) is 19.8 Å². The van der Waals surface area contributed by atoms with E-state index >= 15 is 0 Å². The van der Waals surface area contributed by atoms with Gasteiger partial charge in [0.1, 0.15) is 11.5 Å². The third-order valence-electron chi connectivity index (χ3n) is 6.57. The maximum absolute atomic E-state index is 13.5. The number of benzene rings is 3. The minimum Gasteiger partial charge on any atom is -0.507 e. The molecule has 7 nitrogen and oxygen atoms in total. The van der Waals surface area contributed by atoms with Gasteiger partial charge < -0.3 is 24.6 Å². The predicted octanol–water partition coefficient (Wildman–Crippen LogP) is 5.82. The minimum atomic E-state index is -0.894. The maximum Gasteiger partial charge on any atom is 0.295 e. The lowest BCUT2D eigenvalue weighted by atomic mass is 9.94. The van der Waals surface area contributed by atoms with Crippen molar-refractivity contribution in [2.24, 2.45) is 0 Å². The molecule has 0 radical (unpaired) electrons. The zero-order chi connectivity index (χ0) is 27.4. The van der Waals surface area contributed by atoms with Crippen LogP contribution in [0.5, 0.6) is 17.2 Å². The molecule has 3 aromatic rings. The van der Waals surface area contributed by atoms with Crippen LogP contribution < -0.4 is 9.47 Å². The number of hydrogen-bond acceptors (Lipinski definition) is 6. The summed E-state index contributed by atoms with van der Waals surface area (Å²) in [6, 6.07) is 16.6. The number of phenols is 1. The number of carbonyl (C=O) groups excluding carboxylic acids is 2. The number of Topliss-reactive ketones (excluding diaryl/α,β-unsaturated/α-hetero) is 1. The lowest BCUT2D eigenvalue weighted by Crippen LogP contribution is -2.29. The van der Waals surface area contributed by atoms with E-state index in [1.54, 1.807) is 43.3 Å². The lowest BCUT2D eigenvalue weighted by molar-refractivity contribution is -0.140. The Morgan fingerprint density at radius 1 is 0.974 bits per heavy atom. The Bertz CT molecular complexity index is 1390. The van der Waals surface area contributed by atoms with Gasteiger partial charge in [-0.05, 0) is 68.1 Å². The molecular weight excluding hydrogens is 482 g/mol. The fraction of sp³-hybridized carbons (Fsp3) is 0.290. The molecule has 3 aromatic carbocycles. The van der Waals surface area contributed by atoms with Crippen molar-refractivity contribution in [2.75, 3.05) is 13.2 Å². The van der Waals surface area contributed by atoms with Gasteiger partial charge in [-0.15, -0.1) is 0 Å². The first-order chi connectivity index (χ1) is 18.2. The van der Waals surface area contributed by atoms with Gasteiger partial charge >= 0.3 is 0 Å². The molecular formula is C31H33NO6. The topological polar surface area (TPSA) is 96.3 Å². The molecule has 1 amide bonds. The Morgan fingerprint density at radius 3 is 2.50 bits per heavy atom. The van der Waals surface area contributed by atoms with Crippen LogP contribution in [-0.2, 0) is 16.1 Å². The van der Waals surface area contributed by atoms with Crippen LogP contribution >= 0.6 is 0 Å². The van der Waals surface area contributed by atoms with E-state index in [1.807, 2.05) is 39.0 Å². The van der Waals surface area contributed by atoms with E-state index in [0.717, 1.165) is 23.1 Å². The highest BCUT2D eigenvalue weighted by Gasteiger charge is 2.46. The quantitative estimate of drug-likeness (QED) is 0.212. The van der Waals surface area contributed by atoms with Crippen LogP contribution in [0, 0.1) is 13.8 Å². The van der Waals surface area contributed by atoms with Crippen LogP contribution in [0.3, 0.4) is 0 Å². The second-order valence-corrected chi connectivity index (χ2v) is 9.39. The van der Waals surface area contributed by atoms with Crippen molar-refractivity contribution in [1.29, 1.82) is 0 Å². The normalized spacial score (nSPS) is 16.6. The van der Waals surface area contributed by atoms with Crippen molar-refractivity contribution in [3.8, 4) is 17.2 Å². The molecule has 4 rings (SSSR count). The average molecular weight is 516 g/mol. The van der Waals surface area contributed by atoms with Gasteiger partial charge in [0.25, 0.3) is 11.7 Å². The number of aliphatic hydroxyl groups excluding tert-OH is 1. The summed E-state index contributed by atoms with van der Waals surface area (Å²) in [5.74, 6) is -1.03. The molecule has 198 valence electrons. The minimum absolute atomic E-state index is 0.0268. The summed E-state index contributed by atoms with van der Waals surface area (Å²) in [5, 5.41) is 21.7. The highest BCUT2D eigenvalue weighted by Crippen LogP contribution is 2.43. The monoisotopic (exact) mass is 515 g/mol. The second-order valence-electron chi connectivity index (χ2n) is 9.39. The van der Waals surface area contributed by atoms with E-state index in [0.29, 0.717) is 30.1 Å². The molecule has 7 heteroatoms. The molecule has 1 unspecified atom stereocenters. The van der Waals surface area contributed by atoms with Crippen molar-refractivity contribution in [3.63, 3.8) is 0 Å². The van der Waals surface area contributed by atoms with Gasteiger partial charge in [0, 0.05) is 12.1 Å². The van der Waals surface area contributed by atoms with Gasteiger partial charge in [0.05, 0.1) is 24.8 Å². The molecule has 0 spiro atoms. The van der Waals surface area contributed by atoms with Gasteiger partial charge in [-0.3, -0.25) is 9.59 Å². The van der Waals surface area contributed by atoms with E-state index in [-0.39, 0.29) is 29.4 Å². The molecule has 1 aliphatic heterocycles. The van der Waals surface area contributed by atoms with Crippen LogP contribution in [0.2, 0.25) is 0 Å². The van der Waals surface area contributed by atoms with Crippen molar-refractivity contribution < 1.29 is 29.3 Å². The van der Waals surface area contributed by atoms with Crippen LogP contribution in [0.15, 0.2) is 66.2 Å². The van der Waals surface area contributed by atoms with Gasteiger partial charge in [-0.25, -0.2) is 0 Å². The maximum atomic E-state index is 13.5. The number of amides is 1. The summed E-state index contributed by atoms with van der Waals surface area (Å²) in [6.07, 6.45) is 0.822. The number of hydrogen-bond donors (Lipinski definition) is 2. The lowest BCUT2D eigenvalue weighted by Gasteiger charge is -2.26. The first-order valence-corrected chi connectivity index (χ1v) is 12.8. The largest absolute Gasteiger partial charge is 0.507 e. The number of ketones is 1. The Labute approximate surface area is 222 Å².